The summed E-state index contributed by atoms with van der Waals surface area (Å²) >= 11 is 1.50. The van der Waals surface area contributed by atoms with E-state index in [0.717, 1.165) is 17.0 Å². The number of carbonyl (C=O) groups is 1. The first-order valence-electron chi connectivity index (χ1n) is 8.61. The van der Waals surface area contributed by atoms with Gasteiger partial charge in [0.25, 0.3) is 5.91 Å². The molecule has 1 aliphatic rings. The van der Waals surface area contributed by atoms with Crippen molar-refractivity contribution < 1.29 is 9.18 Å². The summed E-state index contributed by atoms with van der Waals surface area (Å²) < 4.78 is 12.9. The van der Waals surface area contributed by atoms with E-state index in [0.29, 0.717) is 17.5 Å². The van der Waals surface area contributed by atoms with Crippen molar-refractivity contribution in [2.45, 2.75) is 25.9 Å². The van der Waals surface area contributed by atoms with Crippen molar-refractivity contribution in [1.29, 1.82) is 0 Å². The molecule has 5 heteroatoms. The highest BCUT2D eigenvalue weighted by molar-refractivity contribution is 7.18. The van der Waals surface area contributed by atoms with Crippen molar-refractivity contribution in [3.05, 3.63) is 82.5 Å². The Labute approximate surface area is 156 Å². The minimum atomic E-state index is -0.275. The number of hydrogen-bond acceptors (Lipinski definition) is 3. The maximum Gasteiger partial charge on any atom is 0.261 e. The molecule has 3 nitrogen and oxygen atoms in total. The minimum absolute atomic E-state index is 0.106. The van der Waals surface area contributed by atoms with E-state index in [2.05, 4.69) is 35.3 Å². The fourth-order valence-corrected chi connectivity index (χ4v) is 4.39. The molecule has 0 spiro atoms. The van der Waals surface area contributed by atoms with Gasteiger partial charge in [0.15, 0.2) is 0 Å². The van der Waals surface area contributed by atoms with Crippen molar-refractivity contribution >= 4 is 27.9 Å². The summed E-state index contributed by atoms with van der Waals surface area (Å²) in [4.78, 5) is 15.4. The Morgan fingerprint density at radius 1 is 1.15 bits per heavy atom. The normalized spacial score (nSPS) is 15.8. The van der Waals surface area contributed by atoms with E-state index in [9.17, 15) is 9.18 Å². The third kappa shape index (κ3) is 3.22. The fraction of sp³-hybridized carbons (Fsp3) is 0.190. The van der Waals surface area contributed by atoms with Crippen LogP contribution in [0.2, 0.25) is 0 Å². The maximum absolute atomic E-state index is 12.9. The van der Waals surface area contributed by atoms with Gasteiger partial charge in [0.05, 0.1) is 9.88 Å². The molecule has 26 heavy (non-hydrogen) atoms. The molecular weight excluding hydrogens is 347 g/mol. The van der Waals surface area contributed by atoms with E-state index in [-0.39, 0.29) is 11.7 Å². The van der Waals surface area contributed by atoms with Gasteiger partial charge in [-0.1, -0.05) is 30.3 Å². The number of nitrogens with zero attached hydrogens (tertiary/aromatic N) is 1. The molecule has 2 aromatic carbocycles. The highest BCUT2D eigenvalue weighted by Gasteiger charge is 2.28. The number of para-hydroxylation sites is 1. The van der Waals surface area contributed by atoms with Gasteiger partial charge in [-0.25, -0.2) is 4.39 Å². The van der Waals surface area contributed by atoms with E-state index in [1.165, 1.54) is 34.7 Å². The Kier molecular flexibility index (Phi) is 4.47. The summed E-state index contributed by atoms with van der Waals surface area (Å²) in [6.07, 6.45) is 1.01. The third-order valence-corrected chi connectivity index (χ3v) is 5.71. The molecule has 0 bridgehead atoms. The topological polar surface area (TPSA) is 32.3 Å². The second kappa shape index (κ2) is 6.92. The van der Waals surface area contributed by atoms with Crippen LogP contribution in [-0.2, 0) is 13.0 Å². The van der Waals surface area contributed by atoms with Crippen LogP contribution < -0.4 is 10.2 Å². The number of hydrogen-bond donors (Lipinski definition) is 1. The van der Waals surface area contributed by atoms with E-state index in [1.807, 2.05) is 18.2 Å². The molecule has 1 aliphatic heterocycles. The first kappa shape index (κ1) is 16.8. The number of rotatable bonds is 4. The largest absolute Gasteiger partial charge is 0.347 e. The van der Waals surface area contributed by atoms with Crippen LogP contribution in [0.25, 0.3) is 0 Å². The van der Waals surface area contributed by atoms with Gasteiger partial charge in [-0.2, -0.15) is 0 Å². The number of thiophene rings is 1. The molecule has 1 aromatic heterocycles. The highest BCUT2D eigenvalue weighted by Crippen LogP contribution is 2.41. The third-order valence-electron chi connectivity index (χ3n) is 4.63. The van der Waals surface area contributed by atoms with Crippen LogP contribution in [0.15, 0.2) is 60.7 Å². The molecule has 2 heterocycles. The molecule has 0 saturated carbocycles. The van der Waals surface area contributed by atoms with Crippen molar-refractivity contribution in [3.8, 4) is 0 Å². The summed E-state index contributed by atoms with van der Waals surface area (Å²) in [7, 11) is 0. The second-order valence-electron chi connectivity index (χ2n) is 6.50. The van der Waals surface area contributed by atoms with Gasteiger partial charge in [0, 0.05) is 18.3 Å². The quantitative estimate of drug-likeness (QED) is 0.712. The molecule has 0 saturated heterocycles. The Hall–Kier alpha value is -2.66. The van der Waals surface area contributed by atoms with Crippen LogP contribution in [0.3, 0.4) is 0 Å². The lowest BCUT2D eigenvalue weighted by atomic mass is 10.1. The Balaban J connectivity index is 1.47. The maximum atomic E-state index is 12.9. The van der Waals surface area contributed by atoms with E-state index >= 15 is 0 Å². The number of halogens is 1. The molecule has 1 atom stereocenters. The van der Waals surface area contributed by atoms with Crippen LogP contribution >= 0.6 is 11.3 Å². The van der Waals surface area contributed by atoms with Crippen LogP contribution in [0, 0.1) is 5.82 Å². The summed E-state index contributed by atoms with van der Waals surface area (Å²) in [6.45, 7) is 2.59. The van der Waals surface area contributed by atoms with Gasteiger partial charge in [-0.05, 0) is 54.8 Å². The number of nitrogens with one attached hydrogen (secondary N) is 1. The molecule has 1 amide bonds. The Morgan fingerprint density at radius 3 is 2.73 bits per heavy atom. The van der Waals surface area contributed by atoms with Gasteiger partial charge < -0.3 is 10.2 Å². The monoisotopic (exact) mass is 366 g/mol. The Morgan fingerprint density at radius 2 is 1.92 bits per heavy atom. The molecule has 0 aliphatic carbocycles. The summed E-state index contributed by atoms with van der Waals surface area (Å²) in [5.41, 5.74) is 3.44. The number of carbonyl (C=O) groups excluding carboxylic acids is 1. The average Bonchev–Trinajstić information content (AvgIpc) is 3.24. The van der Waals surface area contributed by atoms with E-state index in [4.69, 9.17) is 0 Å². The van der Waals surface area contributed by atoms with Gasteiger partial charge in [-0.3, -0.25) is 4.79 Å². The molecule has 0 unspecified atom stereocenters. The lowest BCUT2D eigenvalue weighted by Gasteiger charge is -2.22. The minimum Gasteiger partial charge on any atom is -0.347 e. The number of anilines is 2. The lowest BCUT2D eigenvalue weighted by molar-refractivity contribution is 0.0955. The molecular formula is C21H19FN2OS. The van der Waals surface area contributed by atoms with Crippen LogP contribution in [-0.4, -0.2) is 11.9 Å². The van der Waals surface area contributed by atoms with Gasteiger partial charge in [-0.15, -0.1) is 11.3 Å². The van der Waals surface area contributed by atoms with Crippen LogP contribution in [0.4, 0.5) is 15.1 Å². The molecule has 4 rings (SSSR count). The summed E-state index contributed by atoms with van der Waals surface area (Å²) in [5, 5.41) is 3.98. The van der Waals surface area contributed by atoms with Gasteiger partial charge >= 0.3 is 0 Å². The predicted molar refractivity (Wildman–Crippen MR) is 104 cm³/mol. The van der Waals surface area contributed by atoms with E-state index in [1.54, 1.807) is 12.1 Å². The molecule has 1 N–H and O–H groups in total. The zero-order valence-corrected chi connectivity index (χ0v) is 15.2. The predicted octanol–water partition coefficient (Wildman–Crippen LogP) is 4.90. The van der Waals surface area contributed by atoms with E-state index < -0.39 is 0 Å². The standard InChI is InChI=1S/C21H19FN2OS/c1-14-12-16-4-2-3-5-18(16)24(14)20-11-10-19(26-20)21(25)23-13-15-6-8-17(22)9-7-15/h2-11,14H,12-13H2,1H3,(H,23,25)/t14-/m1/s1. The highest BCUT2D eigenvalue weighted by atomic mass is 32.1. The average molecular weight is 366 g/mol. The van der Waals surface area contributed by atoms with Crippen molar-refractivity contribution in [2.75, 3.05) is 4.90 Å². The molecule has 3 aromatic rings. The molecule has 132 valence electrons. The zero-order chi connectivity index (χ0) is 18.1. The van der Waals surface area contributed by atoms with Crippen molar-refractivity contribution in [1.82, 2.24) is 5.32 Å². The van der Waals surface area contributed by atoms with Crippen LogP contribution in [0.1, 0.15) is 27.7 Å². The van der Waals surface area contributed by atoms with Crippen LogP contribution in [0.5, 0.6) is 0 Å². The first-order valence-corrected chi connectivity index (χ1v) is 9.43. The molecule has 0 radical (unpaired) electrons. The zero-order valence-electron chi connectivity index (χ0n) is 14.4. The fourth-order valence-electron chi connectivity index (χ4n) is 3.35. The first-order chi connectivity index (χ1) is 12.6. The smallest absolute Gasteiger partial charge is 0.261 e. The SMILES string of the molecule is C[C@@H]1Cc2ccccc2N1c1ccc(C(=O)NCc2ccc(F)cc2)s1. The van der Waals surface area contributed by atoms with Crippen molar-refractivity contribution in [2.24, 2.45) is 0 Å². The number of fused-ring (bicyclic) bond motifs is 1. The summed E-state index contributed by atoms with van der Waals surface area (Å²) in [6, 6.07) is 18.8. The van der Waals surface area contributed by atoms with Crippen molar-refractivity contribution in [3.63, 3.8) is 0 Å². The van der Waals surface area contributed by atoms with Gasteiger partial charge in [0.2, 0.25) is 0 Å². The lowest BCUT2D eigenvalue weighted by Crippen LogP contribution is -2.23. The van der Waals surface area contributed by atoms with Gasteiger partial charge in [0.1, 0.15) is 5.82 Å². The molecule has 0 fully saturated rings. The number of benzene rings is 2. The Bertz CT molecular complexity index is 935. The number of amides is 1. The summed E-state index contributed by atoms with van der Waals surface area (Å²) in [5.74, 6) is -0.381. The second-order valence-corrected chi connectivity index (χ2v) is 7.56.